The molecule has 18 heteroatoms. The third-order valence-corrected chi connectivity index (χ3v) is 8.15. The predicted octanol–water partition coefficient (Wildman–Crippen LogP) is 3.19. The second-order valence-electron chi connectivity index (χ2n) is 11.6. The van der Waals surface area contributed by atoms with Crippen molar-refractivity contribution in [2.24, 2.45) is 0 Å². The molecule has 0 aliphatic carbocycles. The molecular weight excluding hydrogens is 652 g/mol. The van der Waals surface area contributed by atoms with Crippen LogP contribution in [0.1, 0.15) is 36.5 Å². The van der Waals surface area contributed by atoms with E-state index in [0.717, 1.165) is 10.9 Å². The quantitative estimate of drug-likeness (QED) is 0.307. The number of alkyl halides is 6. The van der Waals surface area contributed by atoms with Crippen LogP contribution in [0, 0.1) is 0 Å². The summed E-state index contributed by atoms with van der Waals surface area (Å²) in [5.41, 5.74) is -3.72. The fourth-order valence-electron chi connectivity index (χ4n) is 5.71. The molecule has 5 rings (SSSR count). The van der Waals surface area contributed by atoms with Crippen molar-refractivity contribution in [2.45, 2.75) is 63.0 Å². The number of likely N-dealkylation sites (tertiary alicyclic amines) is 1. The summed E-state index contributed by atoms with van der Waals surface area (Å²) in [6.45, 7) is 1.68. The Morgan fingerprint density at radius 2 is 1.69 bits per heavy atom. The number of aliphatic hydroxyl groups excluding tert-OH is 1. The van der Waals surface area contributed by atoms with Crippen LogP contribution in [0.2, 0.25) is 0 Å². The molecule has 4 heterocycles. The van der Waals surface area contributed by atoms with E-state index in [2.05, 4.69) is 20.4 Å². The van der Waals surface area contributed by atoms with Crippen LogP contribution in [-0.4, -0.2) is 93.3 Å². The number of aromatic nitrogens is 4. The van der Waals surface area contributed by atoms with Gasteiger partial charge in [-0.2, -0.15) is 31.4 Å². The Morgan fingerprint density at radius 3 is 2.29 bits per heavy atom. The number of ether oxygens (including phenoxy) is 2. The molecule has 2 aliphatic rings. The number of nitrogens with one attached hydrogen (secondary N) is 1. The zero-order chi connectivity index (χ0) is 34.8. The molecule has 2 aliphatic heterocycles. The number of carbonyl (C=O) groups is 1. The number of nitrogens with zero attached hydrogens (tertiary/aromatic N) is 6. The van der Waals surface area contributed by atoms with Crippen molar-refractivity contribution in [1.29, 1.82) is 0 Å². The van der Waals surface area contributed by atoms with E-state index in [-0.39, 0.29) is 45.2 Å². The highest BCUT2D eigenvalue weighted by molar-refractivity contribution is 5.83. The van der Waals surface area contributed by atoms with E-state index in [1.807, 2.05) is 0 Å². The van der Waals surface area contributed by atoms with Gasteiger partial charge in [0.1, 0.15) is 17.4 Å². The number of anilines is 2. The molecule has 1 amide bonds. The average molecular weight is 686 g/mol. The molecule has 0 radical (unpaired) electrons. The highest BCUT2D eigenvalue weighted by Crippen LogP contribution is 2.33. The number of β-amino-alcohol motifs (C(OH)–C–C–N with tert-alkyl or cyclic N) is 1. The maximum Gasteiger partial charge on any atom is 0.423 e. The van der Waals surface area contributed by atoms with Gasteiger partial charge in [-0.3, -0.25) is 9.59 Å². The van der Waals surface area contributed by atoms with Crippen LogP contribution in [0.3, 0.4) is 0 Å². The SMILES string of the molecule is COc1ccc(Cn2ncc(N[C@@H](C)CO[C@@H]3CCN([C@H]4CCN(c5ncc(C(F)(F)F)cn5)C[C@@H]4O)C3=O)c(C(F)(F)F)c2=O)cc1. The van der Waals surface area contributed by atoms with E-state index < -0.39 is 64.9 Å². The lowest BCUT2D eigenvalue weighted by molar-refractivity contribution is -0.141. The number of hydrogen-bond acceptors (Lipinski definition) is 10. The molecular formula is C30H33F6N7O5. The van der Waals surface area contributed by atoms with Crippen LogP contribution >= 0.6 is 0 Å². The lowest BCUT2D eigenvalue weighted by Gasteiger charge is -2.40. The second kappa shape index (κ2) is 14.0. The van der Waals surface area contributed by atoms with Gasteiger partial charge in [0.05, 0.1) is 49.9 Å². The lowest BCUT2D eigenvalue weighted by atomic mass is 10.0. The second-order valence-corrected chi connectivity index (χ2v) is 11.6. The predicted molar refractivity (Wildman–Crippen MR) is 158 cm³/mol. The van der Waals surface area contributed by atoms with Gasteiger partial charge in [-0.05, 0) is 31.0 Å². The average Bonchev–Trinajstić information content (AvgIpc) is 3.40. The first-order valence-electron chi connectivity index (χ1n) is 15.0. The Labute approximate surface area is 270 Å². The monoisotopic (exact) mass is 685 g/mol. The summed E-state index contributed by atoms with van der Waals surface area (Å²) in [6.07, 6.45) is -8.69. The Kier molecular flexibility index (Phi) is 10.1. The van der Waals surface area contributed by atoms with E-state index >= 15 is 0 Å². The van der Waals surface area contributed by atoms with Gasteiger partial charge < -0.3 is 29.7 Å². The van der Waals surface area contributed by atoms with Gasteiger partial charge in [0.25, 0.3) is 11.5 Å². The maximum atomic E-state index is 14.0. The number of carbonyl (C=O) groups excluding carboxylic acids is 1. The normalized spacial score (nSPS) is 21.0. The Morgan fingerprint density at radius 1 is 1.00 bits per heavy atom. The summed E-state index contributed by atoms with van der Waals surface area (Å²) in [7, 11) is 1.47. The maximum absolute atomic E-state index is 14.0. The summed E-state index contributed by atoms with van der Waals surface area (Å²) in [4.78, 5) is 36.6. The molecule has 2 N–H and O–H groups in total. The number of hydrogen-bond donors (Lipinski definition) is 2. The van der Waals surface area contributed by atoms with Crippen molar-refractivity contribution in [3.05, 3.63) is 69.9 Å². The van der Waals surface area contributed by atoms with E-state index in [1.165, 1.54) is 23.8 Å². The number of rotatable bonds is 10. The van der Waals surface area contributed by atoms with Crippen molar-refractivity contribution in [3.8, 4) is 5.75 Å². The van der Waals surface area contributed by atoms with Gasteiger partial charge in [0.2, 0.25) is 5.95 Å². The molecule has 4 atom stereocenters. The summed E-state index contributed by atoms with van der Waals surface area (Å²) < 4.78 is 92.2. The van der Waals surface area contributed by atoms with Gasteiger partial charge in [-0.25, -0.2) is 14.6 Å². The Hall–Kier alpha value is -4.45. The largest absolute Gasteiger partial charge is 0.497 e. The number of piperidine rings is 1. The number of benzene rings is 1. The molecule has 1 aromatic carbocycles. The van der Waals surface area contributed by atoms with Gasteiger partial charge in [-0.1, -0.05) is 12.1 Å². The molecule has 0 spiro atoms. The van der Waals surface area contributed by atoms with Crippen molar-refractivity contribution in [2.75, 3.05) is 43.6 Å². The van der Waals surface area contributed by atoms with Crippen LogP contribution in [0.25, 0.3) is 0 Å². The molecule has 12 nitrogen and oxygen atoms in total. The molecule has 2 saturated heterocycles. The third-order valence-electron chi connectivity index (χ3n) is 8.15. The minimum absolute atomic E-state index is 0.0132. The number of aliphatic hydroxyl groups is 1. The standard InChI is InChI=1S/C30H33F6N7O5/c1-17(40-21-13-39-43(27(46)25(21)30(34,35)36)14-18-3-5-20(47-2)6-4-18)16-48-24-8-10-42(26(24)45)22-7-9-41(15-23(22)44)28-37-11-19(12-38-28)29(31,32)33/h3-6,11-13,17,22-24,40,44H,7-10,14-16H2,1-2H3/t17-,22-,23-,24+/m0/s1. The van der Waals surface area contributed by atoms with E-state index in [0.29, 0.717) is 30.1 Å². The molecule has 2 aromatic heterocycles. The van der Waals surface area contributed by atoms with Crippen LogP contribution in [0.5, 0.6) is 5.75 Å². The minimum Gasteiger partial charge on any atom is -0.497 e. The van der Waals surface area contributed by atoms with Gasteiger partial charge in [0, 0.05) is 44.5 Å². The Balaban J connectivity index is 1.16. The summed E-state index contributed by atoms with van der Waals surface area (Å²) in [5.74, 6) is 0.171. The highest BCUT2D eigenvalue weighted by Gasteiger charge is 2.42. The Bertz CT molecular complexity index is 1640. The first-order chi connectivity index (χ1) is 22.7. The molecule has 0 unspecified atom stereocenters. The molecule has 3 aromatic rings. The topological polar surface area (TPSA) is 135 Å². The fraction of sp³-hybridized carbons (Fsp3) is 0.500. The first-order valence-corrected chi connectivity index (χ1v) is 15.0. The number of halogens is 6. The highest BCUT2D eigenvalue weighted by atomic mass is 19.4. The van der Waals surface area contributed by atoms with Gasteiger partial charge in [-0.15, -0.1) is 0 Å². The lowest BCUT2D eigenvalue weighted by Crippen LogP contribution is -2.55. The number of amides is 1. The number of methoxy groups -OCH3 is 1. The summed E-state index contributed by atoms with van der Waals surface area (Å²) >= 11 is 0. The molecule has 0 saturated carbocycles. The fourth-order valence-corrected chi connectivity index (χ4v) is 5.71. The van der Waals surface area contributed by atoms with Crippen molar-refractivity contribution >= 4 is 17.5 Å². The van der Waals surface area contributed by atoms with Crippen LogP contribution in [0.4, 0.5) is 38.0 Å². The minimum atomic E-state index is -4.98. The van der Waals surface area contributed by atoms with Crippen molar-refractivity contribution < 1.29 is 45.7 Å². The molecule has 0 bridgehead atoms. The first kappa shape index (κ1) is 34.9. The van der Waals surface area contributed by atoms with Crippen molar-refractivity contribution in [1.82, 2.24) is 24.6 Å². The van der Waals surface area contributed by atoms with Crippen molar-refractivity contribution in [3.63, 3.8) is 0 Å². The summed E-state index contributed by atoms with van der Waals surface area (Å²) in [5, 5.41) is 17.4. The van der Waals surface area contributed by atoms with Crippen LogP contribution in [0.15, 0.2) is 47.7 Å². The zero-order valence-electron chi connectivity index (χ0n) is 25.8. The van der Waals surface area contributed by atoms with Crippen LogP contribution < -0.4 is 20.5 Å². The zero-order valence-corrected chi connectivity index (χ0v) is 25.8. The van der Waals surface area contributed by atoms with E-state index in [9.17, 15) is 41.0 Å². The summed E-state index contributed by atoms with van der Waals surface area (Å²) in [6, 6.07) is 5.10. The molecule has 48 heavy (non-hydrogen) atoms. The smallest absolute Gasteiger partial charge is 0.423 e. The van der Waals surface area contributed by atoms with Gasteiger partial charge in [0.15, 0.2) is 0 Å². The van der Waals surface area contributed by atoms with E-state index in [4.69, 9.17) is 9.47 Å². The van der Waals surface area contributed by atoms with E-state index in [1.54, 1.807) is 24.3 Å². The van der Waals surface area contributed by atoms with Crippen LogP contribution in [-0.2, 0) is 28.4 Å². The van der Waals surface area contributed by atoms with Gasteiger partial charge >= 0.3 is 12.4 Å². The molecule has 260 valence electrons. The molecule has 2 fully saturated rings. The third kappa shape index (κ3) is 7.81.